The molecule has 0 spiro atoms. The summed E-state index contributed by atoms with van der Waals surface area (Å²) in [5.74, 6) is -0.798. The Labute approximate surface area is 160 Å². The van der Waals surface area contributed by atoms with Gasteiger partial charge in [-0.25, -0.2) is 9.59 Å². The molecular weight excluding hydrogens is 370 g/mol. The monoisotopic (exact) mass is 389 g/mol. The number of anilines is 1. The molecule has 0 radical (unpaired) electrons. The third kappa shape index (κ3) is 5.07. The van der Waals surface area contributed by atoms with Crippen LogP contribution in [0.4, 0.5) is 5.00 Å². The number of carbonyl (C=O) groups excluding carboxylic acids is 3. The summed E-state index contributed by atoms with van der Waals surface area (Å²) < 4.78 is 15.1. The smallest absolute Gasteiger partial charge is 0.341 e. The van der Waals surface area contributed by atoms with Crippen molar-refractivity contribution in [2.24, 2.45) is 0 Å². The Morgan fingerprint density at radius 1 is 1.33 bits per heavy atom. The van der Waals surface area contributed by atoms with Gasteiger partial charge in [0.2, 0.25) is 0 Å². The lowest BCUT2D eigenvalue weighted by Gasteiger charge is -2.08. The summed E-state index contributed by atoms with van der Waals surface area (Å²) in [7, 11) is 0. The Balaban J connectivity index is 1.57. The van der Waals surface area contributed by atoms with Crippen LogP contribution in [0.5, 0.6) is 0 Å². The van der Waals surface area contributed by atoms with E-state index in [0.29, 0.717) is 22.2 Å². The SMILES string of the molecule is CCOC(=O)c1c(C2CC2)csc1NC(=O)COC(=O)C=Cc1ccco1. The van der Waals surface area contributed by atoms with Gasteiger partial charge in [0.15, 0.2) is 6.61 Å². The van der Waals surface area contributed by atoms with Gasteiger partial charge < -0.3 is 19.2 Å². The van der Waals surface area contributed by atoms with E-state index in [0.717, 1.165) is 18.4 Å². The first kappa shape index (κ1) is 18.9. The number of rotatable bonds is 8. The highest BCUT2D eigenvalue weighted by Crippen LogP contribution is 2.46. The van der Waals surface area contributed by atoms with E-state index in [4.69, 9.17) is 13.9 Å². The standard InChI is InChI=1S/C19H19NO6S/c1-2-24-19(23)17-14(12-5-6-12)11-27-18(17)20-15(21)10-26-16(22)8-7-13-4-3-9-25-13/h3-4,7-9,11-12H,2,5-6,10H2,1H3,(H,20,21). The van der Waals surface area contributed by atoms with E-state index in [1.165, 1.54) is 29.8 Å². The molecule has 7 nitrogen and oxygen atoms in total. The van der Waals surface area contributed by atoms with E-state index in [9.17, 15) is 14.4 Å². The van der Waals surface area contributed by atoms with Crippen molar-refractivity contribution in [2.45, 2.75) is 25.7 Å². The average molecular weight is 389 g/mol. The Hall–Kier alpha value is -2.87. The molecule has 3 rings (SSSR count). The van der Waals surface area contributed by atoms with Crippen LogP contribution in [0.15, 0.2) is 34.3 Å². The summed E-state index contributed by atoms with van der Waals surface area (Å²) in [6, 6.07) is 3.37. The molecule has 0 saturated heterocycles. The Morgan fingerprint density at radius 2 is 2.15 bits per heavy atom. The molecule has 2 aromatic rings. The van der Waals surface area contributed by atoms with Crippen LogP contribution in [-0.4, -0.2) is 31.1 Å². The van der Waals surface area contributed by atoms with E-state index in [1.54, 1.807) is 19.1 Å². The van der Waals surface area contributed by atoms with Crippen LogP contribution in [-0.2, 0) is 19.1 Å². The van der Waals surface area contributed by atoms with E-state index >= 15 is 0 Å². The zero-order chi connectivity index (χ0) is 19.2. The van der Waals surface area contributed by atoms with Crippen LogP contribution in [0, 0.1) is 0 Å². The lowest BCUT2D eigenvalue weighted by atomic mass is 10.1. The normalized spacial score (nSPS) is 13.5. The van der Waals surface area contributed by atoms with Crippen molar-refractivity contribution in [3.8, 4) is 0 Å². The molecule has 2 aromatic heterocycles. The summed E-state index contributed by atoms with van der Waals surface area (Å²) >= 11 is 1.27. The quantitative estimate of drug-likeness (QED) is 0.548. The van der Waals surface area contributed by atoms with Crippen LogP contribution in [0.2, 0.25) is 0 Å². The van der Waals surface area contributed by atoms with E-state index in [1.807, 2.05) is 5.38 Å². The van der Waals surface area contributed by atoms with Crippen LogP contribution in [0.3, 0.4) is 0 Å². The lowest BCUT2D eigenvalue weighted by Crippen LogP contribution is -2.21. The molecular formula is C19H19NO6S. The van der Waals surface area contributed by atoms with Crippen LogP contribution in [0.25, 0.3) is 6.08 Å². The molecule has 0 bridgehead atoms. The first-order valence-corrected chi connectivity index (χ1v) is 9.43. The minimum atomic E-state index is -0.669. The van der Waals surface area contributed by atoms with Crippen LogP contribution in [0.1, 0.15) is 47.4 Å². The molecule has 1 aliphatic rings. The Bertz CT molecular complexity index is 848. The average Bonchev–Trinajstić information content (AvgIpc) is 3.19. The zero-order valence-electron chi connectivity index (χ0n) is 14.7. The van der Waals surface area contributed by atoms with Gasteiger partial charge in [0, 0.05) is 6.08 Å². The third-order valence-corrected chi connectivity index (χ3v) is 4.76. The van der Waals surface area contributed by atoms with Crippen molar-refractivity contribution < 1.29 is 28.3 Å². The number of amides is 1. The maximum absolute atomic E-state index is 12.3. The maximum atomic E-state index is 12.3. The first-order chi connectivity index (χ1) is 13.1. The molecule has 0 atom stereocenters. The fourth-order valence-corrected chi connectivity index (χ4v) is 3.50. The lowest BCUT2D eigenvalue weighted by molar-refractivity contribution is -0.142. The third-order valence-electron chi connectivity index (χ3n) is 3.84. The molecule has 8 heteroatoms. The van der Waals surface area contributed by atoms with Crippen molar-refractivity contribution in [3.63, 3.8) is 0 Å². The number of hydrogen-bond acceptors (Lipinski definition) is 7. The van der Waals surface area contributed by atoms with Gasteiger partial charge in [0.1, 0.15) is 10.8 Å². The summed E-state index contributed by atoms with van der Waals surface area (Å²) in [6.07, 6.45) is 6.15. The van der Waals surface area contributed by atoms with Gasteiger partial charge in [-0.1, -0.05) is 0 Å². The van der Waals surface area contributed by atoms with Gasteiger partial charge in [-0.15, -0.1) is 11.3 Å². The van der Waals surface area contributed by atoms with Gasteiger partial charge in [0.05, 0.1) is 18.4 Å². The molecule has 2 heterocycles. The molecule has 0 aliphatic heterocycles. The van der Waals surface area contributed by atoms with Crippen molar-refractivity contribution in [3.05, 3.63) is 46.7 Å². The number of esters is 2. The minimum absolute atomic E-state index is 0.256. The molecule has 1 saturated carbocycles. The van der Waals surface area contributed by atoms with E-state index in [-0.39, 0.29) is 6.61 Å². The fraction of sp³-hybridized carbons (Fsp3) is 0.316. The number of nitrogens with one attached hydrogen (secondary N) is 1. The zero-order valence-corrected chi connectivity index (χ0v) is 15.5. The second kappa shape index (κ2) is 8.68. The first-order valence-electron chi connectivity index (χ1n) is 8.55. The van der Waals surface area contributed by atoms with E-state index < -0.39 is 24.5 Å². The van der Waals surface area contributed by atoms with Crippen molar-refractivity contribution in [2.75, 3.05) is 18.5 Å². The molecule has 1 N–H and O–H groups in total. The van der Waals surface area contributed by atoms with Crippen LogP contribution < -0.4 is 5.32 Å². The number of carbonyl (C=O) groups is 3. The fourth-order valence-electron chi connectivity index (χ4n) is 2.46. The second-order valence-electron chi connectivity index (χ2n) is 5.89. The van der Waals surface area contributed by atoms with Crippen molar-refractivity contribution in [1.82, 2.24) is 0 Å². The summed E-state index contributed by atoms with van der Waals surface area (Å²) in [5, 5.41) is 4.93. The highest BCUT2D eigenvalue weighted by atomic mass is 32.1. The molecule has 0 aromatic carbocycles. The molecule has 1 amide bonds. The minimum Gasteiger partial charge on any atom is -0.465 e. The van der Waals surface area contributed by atoms with Gasteiger partial charge >= 0.3 is 11.9 Å². The van der Waals surface area contributed by atoms with Gasteiger partial charge in [-0.3, -0.25) is 4.79 Å². The largest absolute Gasteiger partial charge is 0.465 e. The maximum Gasteiger partial charge on any atom is 0.341 e. The molecule has 1 fully saturated rings. The number of hydrogen-bond donors (Lipinski definition) is 1. The molecule has 27 heavy (non-hydrogen) atoms. The van der Waals surface area contributed by atoms with Crippen LogP contribution >= 0.6 is 11.3 Å². The summed E-state index contributed by atoms with van der Waals surface area (Å²) in [6.45, 7) is 1.53. The Morgan fingerprint density at radius 3 is 2.81 bits per heavy atom. The van der Waals surface area contributed by atoms with Crippen molar-refractivity contribution in [1.29, 1.82) is 0 Å². The predicted molar refractivity (Wildman–Crippen MR) is 99.6 cm³/mol. The summed E-state index contributed by atoms with van der Waals surface area (Å²) in [4.78, 5) is 36.0. The highest BCUT2D eigenvalue weighted by molar-refractivity contribution is 7.15. The van der Waals surface area contributed by atoms with Gasteiger partial charge in [-0.2, -0.15) is 0 Å². The second-order valence-corrected chi connectivity index (χ2v) is 6.77. The van der Waals surface area contributed by atoms with Gasteiger partial charge in [-0.05, 0) is 54.8 Å². The Kier molecular flexibility index (Phi) is 6.08. The highest BCUT2D eigenvalue weighted by Gasteiger charge is 2.32. The predicted octanol–water partition coefficient (Wildman–Crippen LogP) is 3.59. The number of thiophene rings is 1. The topological polar surface area (TPSA) is 94.8 Å². The number of ether oxygens (including phenoxy) is 2. The number of furan rings is 1. The molecule has 1 aliphatic carbocycles. The van der Waals surface area contributed by atoms with Gasteiger partial charge in [0.25, 0.3) is 5.91 Å². The van der Waals surface area contributed by atoms with Crippen molar-refractivity contribution >= 4 is 40.3 Å². The summed E-state index contributed by atoms with van der Waals surface area (Å²) in [5.41, 5.74) is 1.31. The molecule has 0 unspecified atom stereocenters. The molecule has 142 valence electrons. The van der Waals surface area contributed by atoms with E-state index in [2.05, 4.69) is 5.32 Å².